The number of hydrogen-bond donors (Lipinski definition) is 1. The average molecular weight is 377 g/mol. The van der Waals surface area contributed by atoms with Gasteiger partial charge in [0.25, 0.3) is 0 Å². The summed E-state index contributed by atoms with van der Waals surface area (Å²) in [4.78, 5) is 16.1. The molecule has 0 amide bonds. The maximum absolute atomic E-state index is 12.9. The van der Waals surface area contributed by atoms with Gasteiger partial charge >= 0.3 is 0 Å². The lowest BCUT2D eigenvalue weighted by atomic mass is 9.98. The quantitative estimate of drug-likeness (QED) is 0.866. The van der Waals surface area contributed by atoms with Crippen LogP contribution in [0.1, 0.15) is 33.8 Å². The van der Waals surface area contributed by atoms with E-state index in [-0.39, 0.29) is 17.7 Å². The highest BCUT2D eigenvalue weighted by Crippen LogP contribution is 2.39. The van der Waals surface area contributed by atoms with Gasteiger partial charge in [-0.05, 0) is 29.3 Å². The summed E-state index contributed by atoms with van der Waals surface area (Å²) in [6.07, 6.45) is 0. The fraction of sp³-hybridized carbons (Fsp3) is 0.421. The van der Waals surface area contributed by atoms with Gasteiger partial charge in [0.1, 0.15) is 0 Å². The van der Waals surface area contributed by atoms with Crippen molar-refractivity contribution in [1.82, 2.24) is 5.32 Å². The van der Waals surface area contributed by atoms with Gasteiger partial charge in [0.05, 0.1) is 29.1 Å². The number of fused-ring (bicyclic) bond motifs is 1. The van der Waals surface area contributed by atoms with Crippen molar-refractivity contribution in [1.29, 1.82) is 0 Å². The summed E-state index contributed by atoms with van der Waals surface area (Å²) in [7, 11) is 0. The zero-order chi connectivity index (χ0) is 17.4. The lowest BCUT2D eigenvalue weighted by Crippen LogP contribution is -2.35. The van der Waals surface area contributed by atoms with Gasteiger partial charge in [-0.25, -0.2) is 0 Å². The number of nitrogens with one attached hydrogen (secondary N) is 1. The summed E-state index contributed by atoms with van der Waals surface area (Å²) in [5, 5.41) is 5.46. The van der Waals surface area contributed by atoms with Crippen molar-refractivity contribution >= 4 is 33.7 Å². The van der Waals surface area contributed by atoms with E-state index in [1.807, 2.05) is 31.2 Å². The molecule has 1 aromatic heterocycles. The number of morpholine rings is 1. The standard InChI is InChI=1S/C19H21ClN2O2S/c1-12-11-21-17(13-2-4-14(20)5-3-13)15-10-16(25-19(15)18(12)23)22-6-8-24-9-7-22/h2-5,10,12,17,21H,6-9,11H2,1H3. The maximum Gasteiger partial charge on any atom is 0.177 e. The molecule has 4 nitrogen and oxygen atoms in total. The third-order valence-electron chi connectivity index (χ3n) is 4.88. The molecule has 0 radical (unpaired) electrons. The van der Waals surface area contributed by atoms with E-state index >= 15 is 0 Å². The predicted molar refractivity (Wildman–Crippen MR) is 102 cm³/mol. The Morgan fingerprint density at radius 1 is 1.24 bits per heavy atom. The summed E-state index contributed by atoms with van der Waals surface area (Å²) < 4.78 is 5.45. The van der Waals surface area contributed by atoms with Gasteiger partial charge in [0, 0.05) is 30.6 Å². The molecule has 0 spiro atoms. The van der Waals surface area contributed by atoms with Crippen molar-refractivity contribution in [2.75, 3.05) is 37.7 Å². The van der Waals surface area contributed by atoms with E-state index in [0.717, 1.165) is 52.3 Å². The van der Waals surface area contributed by atoms with Gasteiger partial charge in [0.2, 0.25) is 0 Å². The Hall–Kier alpha value is -1.40. The van der Waals surface area contributed by atoms with Crippen molar-refractivity contribution in [2.24, 2.45) is 5.92 Å². The van der Waals surface area contributed by atoms with Crippen molar-refractivity contribution in [3.05, 3.63) is 51.4 Å². The van der Waals surface area contributed by atoms with Crippen LogP contribution in [0.3, 0.4) is 0 Å². The third kappa shape index (κ3) is 3.34. The van der Waals surface area contributed by atoms with E-state index in [2.05, 4.69) is 16.3 Å². The minimum Gasteiger partial charge on any atom is -0.378 e. The van der Waals surface area contributed by atoms with Crippen LogP contribution in [0.25, 0.3) is 0 Å². The van der Waals surface area contributed by atoms with E-state index < -0.39 is 0 Å². The van der Waals surface area contributed by atoms with Crippen molar-refractivity contribution in [3.8, 4) is 0 Å². The zero-order valence-electron chi connectivity index (χ0n) is 14.1. The van der Waals surface area contributed by atoms with Crippen LogP contribution in [-0.4, -0.2) is 38.6 Å². The highest BCUT2D eigenvalue weighted by atomic mass is 35.5. The van der Waals surface area contributed by atoms with E-state index in [1.165, 1.54) is 0 Å². The van der Waals surface area contributed by atoms with Gasteiger partial charge in [-0.1, -0.05) is 30.7 Å². The summed E-state index contributed by atoms with van der Waals surface area (Å²) in [5.41, 5.74) is 2.22. The Kier molecular flexibility index (Phi) is 4.82. The van der Waals surface area contributed by atoms with Crippen LogP contribution in [0.15, 0.2) is 30.3 Å². The second-order valence-electron chi connectivity index (χ2n) is 6.63. The summed E-state index contributed by atoms with van der Waals surface area (Å²) in [6.45, 7) is 5.92. The number of thiophene rings is 1. The Bertz CT molecular complexity index is 768. The average Bonchev–Trinajstić information content (AvgIpc) is 3.04. The zero-order valence-corrected chi connectivity index (χ0v) is 15.7. The largest absolute Gasteiger partial charge is 0.378 e. The van der Waals surface area contributed by atoms with E-state index in [9.17, 15) is 4.79 Å². The molecule has 4 rings (SSSR count). The molecule has 2 aliphatic heterocycles. The Balaban J connectivity index is 1.75. The van der Waals surface area contributed by atoms with Crippen LogP contribution in [0.5, 0.6) is 0 Å². The predicted octanol–water partition coefficient (Wildman–Crippen LogP) is 3.75. The number of anilines is 1. The molecule has 1 N–H and O–H groups in total. The molecular formula is C19H21ClN2O2S. The molecule has 0 aliphatic carbocycles. The molecule has 25 heavy (non-hydrogen) atoms. The van der Waals surface area contributed by atoms with Crippen LogP contribution >= 0.6 is 22.9 Å². The van der Waals surface area contributed by atoms with E-state index in [4.69, 9.17) is 16.3 Å². The van der Waals surface area contributed by atoms with Crippen LogP contribution in [0, 0.1) is 5.92 Å². The van der Waals surface area contributed by atoms with E-state index in [1.54, 1.807) is 11.3 Å². The summed E-state index contributed by atoms with van der Waals surface area (Å²) >= 11 is 7.67. The first-order chi connectivity index (χ1) is 12.1. The summed E-state index contributed by atoms with van der Waals surface area (Å²) in [5.74, 6) is 0.218. The number of halogens is 1. The number of nitrogens with zero attached hydrogens (tertiary/aromatic N) is 1. The Morgan fingerprint density at radius 3 is 2.68 bits per heavy atom. The number of ether oxygens (including phenoxy) is 1. The SMILES string of the molecule is CC1CNC(c2ccc(Cl)cc2)c2cc(N3CCOCC3)sc2C1=O. The molecule has 1 fully saturated rings. The topological polar surface area (TPSA) is 41.6 Å². The molecule has 132 valence electrons. The number of Topliss-reactive ketones (excluding diaryl/α,β-unsaturated/α-hetero) is 1. The molecule has 2 atom stereocenters. The summed E-state index contributed by atoms with van der Waals surface area (Å²) in [6, 6.07) is 10.1. The van der Waals surface area contributed by atoms with Crippen LogP contribution in [0.4, 0.5) is 5.00 Å². The first-order valence-corrected chi connectivity index (χ1v) is 9.82. The van der Waals surface area contributed by atoms with Crippen molar-refractivity contribution in [3.63, 3.8) is 0 Å². The molecule has 3 heterocycles. The van der Waals surface area contributed by atoms with Crippen LogP contribution < -0.4 is 10.2 Å². The van der Waals surface area contributed by atoms with Gasteiger partial charge < -0.3 is 15.0 Å². The smallest absolute Gasteiger partial charge is 0.177 e. The number of hydrogen-bond acceptors (Lipinski definition) is 5. The van der Waals surface area contributed by atoms with Crippen molar-refractivity contribution in [2.45, 2.75) is 13.0 Å². The number of ketones is 1. The first kappa shape index (κ1) is 17.0. The number of benzene rings is 1. The van der Waals surface area contributed by atoms with Gasteiger partial charge in [-0.3, -0.25) is 4.79 Å². The molecule has 2 unspecified atom stereocenters. The minimum atomic E-state index is -0.0211. The molecule has 2 aromatic rings. The minimum absolute atomic E-state index is 0.0206. The lowest BCUT2D eigenvalue weighted by Gasteiger charge is -2.27. The van der Waals surface area contributed by atoms with Gasteiger partial charge in [-0.15, -0.1) is 11.3 Å². The number of carbonyl (C=O) groups excluding carboxylic acids is 1. The monoisotopic (exact) mass is 376 g/mol. The Labute approximate surface area is 156 Å². The molecular weight excluding hydrogens is 356 g/mol. The highest BCUT2D eigenvalue weighted by molar-refractivity contribution is 7.18. The molecule has 0 bridgehead atoms. The Morgan fingerprint density at radius 2 is 1.96 bits per heavy atom. The fourth-order valence-corrected chi connectivity index (χ4v) is 4.84. The maximum atomic E-state index is 12.9. The first-order valence-electron chi connectivity index (χ1n) is 8.63. The molecule has 2 aliphatic rings. The van der Waals surface area contributed by atoms with Gasteiger partial charge in [-0.2, -0.15) is 0 Å². The third-order valence-corrected chi connectivity index (χ3v) is 6.36. The lowest BCUT2D eigenvalue weighted by molar-refractivity contribution is 0.0937. The second-order valence-corrected chi connectivity index (χ2v) is 8.09. The van der Waals surface area contributed by atoms with Gasteiger partial charge in [0.15, 0.2) is 5.78 Å². The fourth-order valence-electron chi connectivity index (χ4n) is 3.41. The van der Waals surface area contributed by atoms with Crippen LogP contribution in [0.2, 0.25) is 5.02 Å². The number of carbonyl (C=O) groups is 1. The normalized spacial score (nSPS) is 24.1. The molecule has 1 saturated heterocycles. The highest BCUT2D eigenvalue weighted by Gasteiger charge is 2.31. The molecule has 6 heteroatoms. The number of rotatable bonds is 2. The molecule has 0 saturated carbocycles. The van der Waals surface area contributed by atoms with E-state index in [0.29, 0.717) is 6.54 Å². The second kappa shape index (κ2) is 7.08. The van der Waals surface area contributed by atoms with Crippen molar-refractivity contribution < 1.29 is 9.53 Å². The van der Waals surface area contributed by atoms with Crippen LogP contribution in [-0.2, 0) is 4.74 Å². The molecule has 1 aromatic carbocycles.